The maximum absolute atomic E-state index is 12.8. The van der Waals surface area contributed by atoms with Gasteiger partial charge in [-0.2, -0.15) is 0 Å². The maximum Gasteiger partial charge on any atom is 0.254 e. The van der Waals surface area contributed by atoms with Crippen molar-refractivity contribution in [3.05, 3.63) is 59.9 Å². The number of amides is 2. The number of hydrogen-bond donors (Lipinski definition) is 1. The fraction of sp³-hybridized carbons (Fsp3) is 0.250. The van der Waals surface area contributed by atoms with Crippen LogP contribution < -0.4 is 5.73 Å². The highest BCUT2D eigenvalue weighted by Crippen LogP contribution is 2.23. The molecule has 1 aromatic heterocycles. The van der Waals surface area contributed by atoms with Gasteiger partial charge >= 0.3 is 0 Å². The SMILES string of the molecule is Cc1nc2cc(C(=O)N(CC(N)=O)C(C)C)ccc2n1-c1ccccc1. The van der Waals surface area contributed by atoms with Crippen LogP contribution in [0.15, 0.2) is 48.5 Å². The second-order valence-corrected chi connectivity index (χ2v) is 6.53. The molecule has 0 saturated carbocycles. The fourth-order valence-electron chi connectivity index (χ4n) is 3.06. The molecule has 26 heavy (non-hydrogen) atoms. The molecule has 0 saturated heterocycles. The van der Waals surface area contributed by atoms with Crippen molar-refractivity contribution >= 4 is 22.8 Å². The van der Waals surface area contributed by atoms with Crippen LogP contribution in [0.1, 0.15) is 30.0 Å². The zero-order valence-electron chi connectivity index (χ0n) is 15.1. The summed E-state index contributed by atoms with van der Waals surface area (Å²) in [6.07, 6.45) is 0. The minimum absolute atomic E-state index is 0.105. The largest absolute Gasteiger partial charge is 0.368 e. The molecule has 0 spiro atoms. The first-order valence-corrected chi connectivity index (χ1v) is 8.52. The van der Waals surface area contributed by atoms with Gasteiger partial charge in [-0.1, -0.05) is 18.2 Å². The number of carbonyl (C=O) groups is 2. The van der Waals surface area contributed by atoms with Crippen LogP contribution in [0.25, 0.3) is 16.7 Å². The van der Waals surface area contributed by atoms with E-state index in [4.69, 9.17) is 5.73 Å². The number of primary amides is 1. The van der Waals surface area contributed by atoms with Crippen molar-refractivity contribution in [2.45, 2.75) is 26.8 Å². The van der Waals surface area contributed by atoms with E-state index in [1.807, 2.05) is 61.7 Å². The van der Waals surface area contributed by atoms with E-state index in [0.29, 0.717) is 5.56 Å². The van der Waals surface area contributed by atoms with Crippen LogP contribution in [0, 0.1) is 6.92 Å². The molecule has 2 amide bonds. The number of hydrogen-bond acceptors (Lipinski definition) is 3. The van der Waals surface area contributed by atoms with Gasteiger partial charge in [0.2, 0.25) is 5.91 Å². The first-order valence-electron chi connectivity index (χ1n) is 8.52. The second kappa shape index (κ2) is 7.00. The lowest BCUT2D eigenvalue weighted by atomic mass is 10.1. The summed E-state index contributed by atoms with van der Waals surface area (Å²) in [6.45, 7) is 5.54. The average Bonchev–Trinajstić information content (AvgIpc) is 2.94. The normalized spacial score (nSPS) is 11.1. The summed E-state index contributed by atoms with van der Waals surface area (Å²) in [5, 5.41) is 0. The molecule has 0 aliphatic carbocycles. The molecule has 0 aliphatic rings. The topological polar surface area (TPSA) is 81.2 Å². The van der Waals surface area contributed by atoms with E-state index in [-0.39, 0.29) is 18.5 Å². The highest BCUT2D eigenvalue weighted by atomic mass is 16.2. The van der Waals surface area contributed by atoms with E-state index in [1.54, 1.807) is 12.1 Å². The third kappa shape index (κ3) is 3.31. The van der Waals surface area contributed by atoms with Crippen LogP contribution in [-0.4, -0.2) is 38.9 Å². The number of carbonyl (C=O) groups excluding carboxylic acids is 2. The Bertz CT molecular complexity index is 961. The molecule has 3 aromatic rings. The summed E-state index contributed by atoms with van der Waals surface area (Å²) >= 11 is 0. The van der Waals surface area contributed by atoms with Gasteiger partial charge in [0, 0.05) is 17.3 Å². The summed E-state index contributed by atoms with van der Waals surface area (Å²) in [4.78, 5) is 30.2. The Morgan fingerprint density at radius 2 is 1.85 bits per heavy atom. The smallest absolute Gasteiger partial charge is 0.254 e. The molecule has 0 radical (unpaired) electrons. The lowest BCUT2D eigenvalue weighted by Gasteiger charge is -2.25. The molecule has 0 fully saturated rings. The van der Waals surface area contributed by atoms with Crippen molar-refractivity contribution in [2.24, 2.45) is 5.73 Å². The number of nitrogens with two attached hydrogens (primary N) is 1. The third-order valence-electron chi connectivity index (χ3n) is 4.29. The lowest BCUT2D eigenvalue weighted by molar-refractivity contribution is -0.119. The van der Waals surface area contributed by atoms with E-state index < -0.39 is 5.91 Å². The molecule has 2 N–H and O–H groups in total. The third-order valence-corrected chi connectivity index (χ3v) is 4.29. The molecule has 0 atom stereocenters. The monoisotopic (exact) mass is 350 g/mol. The van der Waals surface area contributed by atoms with Gasteiger partial charge in [-0.15, -0.1) is 0 Å². The number of para-hydroxylation sites is 1. The highest BCUT2D eigenvalue weighted by molar-refractivity contribution is 5.99. The molecule has 2 aromatic carbocycles. The number of rotatable bonds is 5. The predicted molar refractivity (Wildman–Crippen MR) is 101 cm³/mol. The van der Waals surface area contributed by atoms with Crippen molar-refractivity contribution < 1.29 is 9.59 Å². The van der Waals surface area contributed by atoms with Gasteiger partial charge in [-0.3, -0.25) is 14.2 Å². The van der Waals surface area contributed by atoms with E-state index in [9.17, 15) is 9.59 Å². The minimum Gasteiger partial charge on any atom is -0.368 e. The van der Waals surface area contributed by atoms with Gasteiger partial charge in [0.05, 0.1) is 17.6 Å². The van der Waals surface area contributed by atoms with E-state index >= 15 is 0 Å². The number of benzene rings is 2. The summed E-state index contributed by atoms with van der Waals surface area (Å²) in [5.74, 6) is 0.0820. The van der Waals surface area contributed by atoms with Crippen LogP contribution in [0.4, 0.5) is 0 Å². The van der Waals surface area contributed by atoms with Crippen LogP contribution in [0.5, 0.6) is 0 Å². The Balaban J connectivity index is 2.03. The van der Waals surface area contributed by atoms with Gasteiger partial charge < -0.3 is 10.6 Å². The van der Waals surface area contributed by atoms with Crippen molar-refractivity contribution in [1.82, 2.24) is 14.5 Å². The molecule has 3 rings (SSSR count). The van der Waals surface area contributed by atoms with Crippen LogP contribution in [0.3, 0.4) is 0 Å². The Labute approximate surface area is 152 Å². The first kappa shape index (κ1) is 17.7. The van der Waals surface area contributed by atoms with Crippen molar-refractivity contribution in [1.29, 1.82) is 0 Å². The summed E-state index contributed by atoms with van der Waals surface area (Å²) in [6, 6.07) is 15.2. The Kier molecular flexibility index (Phi) is 4.75. The van der Waals surface area contributed by atoms with Crippen molar-refractivity contribution in [3.8, 4) is 5.69 Å². The number of aromatic nitrogens is 2. The molecule has 1 heterocycles. The molecule has 0 aliphatic heterocycles. The Morgan fingerprint density at radius 3 is 2.46 bits per heavy atom. The van der Waals surface area contributed by atoms with Crippen LogP contribution in [0.2, 0.25) is 0 Å². The quantitative estimate of drug-likeness (QED) is 0.768. The van der Waals surface area contributed by atoms with Crippen LogP contribution >= 0.6 is 0 Å². The lowest BCUT2D eigenvalue weighted by Crippen LogP contribution is -2.42. The van der Waals surface area contributed by atoms with Gasteiger partial charge in [-0.25, -0.2) is 4.98 Å². The summed E-state index contributed by atoms with van der Waals surface area (Å²) in [5.41, 5.74) is 8.45. The van der Waals surface area contributed by atoms with Gasteiger partial charge in [0.15, 0.2) is 0 Å². The molecule has 134 valence electrons. The number of aryl methyl sites for hydroxylation is 1. The first-order chi connectivity index (χ1) is 12.4. The summed E-state index contributed by atoms with van der Waals surface area (Å²) in [7, 11) is 0. The molecule has 6 heteroatoms. The zero-order valence-corrected chi connectivity index (χ0v) is 15.1. The molecular weight excluding hydrogens is 328 g/mol. The predicted octanol–water partition coefficient (Wildman–Crippen LogP) is 2.67. The summed E-state index contributed by atoms with van der Waals surface area (Å²) < 4.78 is 2.05. The maximum atomic E-state index is 12.8. The minimum atomic E-state index is -0.530. The molecule has 0 bridgehead atoms. The van der Waals surface area contributed by atoms with Gasteiger partial charge in [0.25, 0.3) is 5.91 Å². The molecular formula is C20H22N4O2. The Hall–Kier alpha value is -3.15. The van der Waals surface area contributed by atoms with Crippen molar-refractivity contribution in [3.63, 3.8) is 0 Å². The van der Waals surface area contributed by atoms with Gasteiger partial charge in [-0.05, 0) is 51.1 Å². The number of imidazole rings is 1. The Morgan fingerprint density at radius 1 is 1.15 bits per heavy atom. The zero-order chi connectivity index (χ0) is 18.8. The second-order valence-electron chi connectivity index (χ2n) is 6.53. The van der Waals surface area contributed by atoms with Crippen LogP contribution in [-0.2, 0) is 4.79 Å². The molecule has 0 unspecified atom stereocenters. The van der Waals surface area contributed by atoms with E-state index in [1.165, 1.54) is 4.90 Å². The number of fused-ring (bicyclic) bond motifs is 1. The number of nitrogens with zero attached hydrogens (tertiary/aromatic N) is 3. The van der Waals surface area contributed by atoms with Crippen molar-refractivity contribution in [2.75, 3.05) is 6.54 Å². The van der Waals surface area contributed by atoms with E-state index in [0.717, 1.165) is 22.5 Å². The highest BCUT2D eigenvalue weighted by Gasteiger charge is 2.21. The standard InChI is InChI=1S/C20H22N4O2/c1-13(2)23(12-19(21)25)20(26)15-9-10-18-17(11-15)22-14(3)24(18)16-7-5-4-6-8-16/h4-11,13H,12H2,1-3H3,(H2,21,25). The molecule has 6 nitrogen and oxygen atoms in total. The van der Waals surface area contributed by atoms with Gasteiger partial charge in [0.1, 0.15) is 5.82 Å². The van der Waals surface area contributed by atoms with E-state index in [2.05, 4.69) is 4.98 Å². The average molecular weight is 350 g/mol. The fourth-order valence-corrected chi connectivity index (χ4v) is 3.06.